The van der Waals surface area contributed by atoms with E-state index >= 15 is 0 Å². The van der Waals surface area contributed by atoms with E-state index in [2.05, 4.69) is 36.2 Å². The Balaban J connectivity index is 1.34. The lowest BCUT2D eigenvalue weighted by atomic mass is 9.98. The first kappa shape index (κ1) is 29.0. The number of H-pyrrole nitrogens is 1. The zero-order valence-corrected chi connectivity index (χ0v) is 24.0. The Hall–Kier alpha value is -4.48. The smallest absolute Gasteiger partial charge is 0.251 e. The number of carbonyl (C=O) groups excluding carboxylic acids is 2. The van der Waals surface area contributed by atoms with Gasteiger partial charge in [0.05, 0.1) is 12.6 Å². The van der Waals surface area contributed by atoms with Crippen LogP contribution in [0, 0.1) is 0 Å². The molecule has 2 amide bonds. The number of hydrogen-bond donors (Lipinski definition) is 4. The zero-order chi connectivity index (χ0) is 29.7. The molecule has 0 radical (unpaired) electrons. The van der Waals surface area contributed by atoms with Crippen molar-refractivity contribution in [3.05, 3.63) is 78.0 Å². The molecule has 0 saturated carbocycles. The number of rotatable bonds is 10. The standard InChI is InChI=1S/C31H36N8O3/c1-20(40)18-33-31(2,3)17-27(41)34-26-15-14-23-7-6-16-32-29(23)39(30(26)42)19-21-10-12-22(13-11-21)24-8-4-5-9-25(24)28-35-37-38-36-28/h4-13,16,20,26,33,40H,14-15,17-19H2,1-3H3,(H,34,41)(H,35,36,37,38)/t20-,26-/m1/s1. The molecule has 42 heavy (non-hydrogen) atoms. The fraction of sp³-hybridized carbons (Fsp3) is 0.355. The van der Waals surface area contributed by atoms with Gasteiger partial charge >= 0.3 is 0 Å². The third-order valence-electron chi connectivity index (χ3n) is 7.32. The summed E-state index contributed by atoms with van der Waals surface area (Å²) in [7, 11) is 0. The van der Waals surface area contributed by atoms with Crippen molar-refractivity contribution in [2.75, 3.05) is 11.4 Å². The Bertz CT molecular complexity index is 1520. The number of aryl methyl sites for hydroxylation is 1. The van der Waals surface area contributed by atoms with Gasteiger partial charge in [-0.05, 0) is 67.1 Å². The van der Waals surface area contributed by atoms with Gasteiger partial charge in [0.1, 0.15) is 11.9 Å². The van der Waals surface area contributed by atoms with Crippen molar-refractivity contribution < 1.29 is 14.7 Å². The summed E-state index contributed by atoms with van der Waals surface area (Å²) >= 11 is 0. The number of benzene rings is 2. The molecule has 0 bridgehead atoms. The number of aromatic amines is 1. The molecule has 2 aromatic heterocycles. The van der Waals surface area contributed by atoms with Crippen LogP contribution in [0.2, 0.25) is 0 Å². The molecule has 0 saturated heterocycles. The first-order chi connectivity index (χ1) is 20.2. The van der Waals surface area contributed by atoms with Gasteiger partial charge in [-0.25, -0.2) is 4.98 Å². The molecule has 0 fully saturated rings. The van der Waals surface area contributed by atoms with Gasteiger partial charge in [-0.3, -0.25) is 14.5 Å². The highest BCUT2D eigenvalue weighted by atomic mass is 16.3. The maximum Gasteiger partial charge on any atom is 0.251 e. The quantitative estimate of drug-likeness (QED) is 0.228. The SMILES string of the molecule is C[C@@H](O)CNC(C)(C)CC(=O)N[C@@H]1CCc2cccnc2N(Cc2ccc(-c3ccccc3-c3nn[nH]n3)cc2)C1=O. The van der Waals surface area contributed by atoms with E-state index in [4.69, 9.17) is 0 Å². The molecular weight excluding hydrogens is 532 g/mol. The fourth-order valence-electron chi connectivity index (χ4n) is 5.18. The Morgan fingerprint density at radius 1 is 1.12 bits per heavy atom. The molecule has 4 N–H and O–H groups in total. The second-order valence-electron chi connectivity index (χ2n) is 11.3. The summed E-state index contributed by atoms with van der Waals surface area (Å²) in [6.07, 6.45) is 2.43. The minimum absolute atomic E-state index is 0.168. The molecule has 11 nitrogen and oxygen atoms in total. The van der Waals surface area contributed by atoms with Crippen LogP contribution < -0.4 is 15.5 Å². The predicted octanol–water partition coefficient (Wildman–Crippen LogP) is 3.03. The zero-order valence-electron chi connectivity index (χ0n) is 24.0. The molecule has 11 heteroatoms. The highest BCUT2D eigenvalue weighted by Crippen LogP contribution is 2.31. The van der Waals surface area contributed by atoms with Gasteiger partial charge in [0.2, 0.25) is 11.7 Å². The lowest BCUT2D eigenvalue weighted by molar-refractivity contribution is -0.128. The van der Waals surface area contributed by atoms with Crippen LogP contribution in [0.5, 0.6) is 0 Å². The first-order valence-corrected chi connectivity index (χ1v) is 14.1. The number of fused-ring (bicyclic) bond motifs is 1. The number of anilines is 1. The number of tetrazole rings is 1. The van der Waals surface area contributed by atoms with E-state index in [1.807, 2.05) is 74.5 Å². The number of nitrogens with zero attached hydrogens (tertiary/aromatic N) is 5. The Kier molecular flexibility index (Phi) is 8.69. The van der Waals surface area contributed by atoms with Crippen molar-refractivity contribution in [1.82, 2.24) is 36.2 Å². The summed E-state index contributed by atoms with van der Waals surface area (Å²) in [5.74, 6) is 0.717. The number of aliphatic hydroxyl groups excluding tert-OH is 1. The number of β-amino-alcohol motifs (C(OH)–C–C–N with tert-alkyl or cyclic N) is 1. The number of hydrogen-bond acceptors (Lipinski definition) is 8. The van der Waals surface area contributed by atoms with Crippen LogP contribution in [0.15, 0.2) is 66.9 Å². The first-order valence-electron chi connectivity index (χ1n) is 14.1. The summed E-state index contributed by atoms with van der Waals surface area (Å²) in [5.41, 5.74) is 4.17. The molecule has 0 spiro atoms. The van der Waals surface area contributed by atoms with Crippen molar-refractivity contribution in [3.63, 3.8) is 0 Å². The molecule has 4 aromatic rings. The molecule has 0 unspecified atom stereocenters. The van der Waals surface area contributed by atoms with Crippen LogP contribution >= 0.6 is 0 Å². The van der Waals surface area contributed by atoms with Crippen LogP contribution in [0.25, 0.3) is 22.5 Å². The molecule has 3 heterocycles. The maximum atomic E-state index is 13.9. The molecule has 2 atom stereocenters. The van der Waals surface area contributed by atoms with Crippen molar-refractivity contribution in [2.45, 2.75) is 64.3 Å². The third kappa shape index (κ3) is 6.87. The van der Waals surface area contributed by atoms with Crippen molar-refractivity contribution in [3.8, 4) is 22.5 Å². The van der Waals surface area contributed by atoms with E-state index in [0.29, 0.717) is 37.6 Å². The van der Waals surface area contributed by atoms with Gasteiger partial charge in [-0.2, -0.15) is 5.21 Å². The van der Waals surface area contributed by atoms with E-state index < -0.39 is 17.7 Å². The summed E-state index contributed by atoms with van der Waals surface area (Å²) < 4.78 is 0. The van der Waals surface area contributed by atoms with Crippen LogP contribution in [0.3, 0.4) is 0 Å². The molecule has 2 aromatic carbocycles. The molecule has 1 aliphatic rings. The van der Waals surface area contributed by atoms with Crippen LogP contribution in [0.4, 0.5) is 5.82 Å². The minimum atomic E-state index is -0.680. The number of pyridine rings is 1. The maximum absolute atomic E-state index is 13.9. The van der Waals surface area contributed by atoms with Crippen molar-refractivity contribution in [2.24, 2.45) is 0 Å². The normalized spacial score (nSPS) is 16.0. The average molecular weight is 569 g/mol. The summed E-state index contributed by atoms with van der Waals surface area (Å²) in [4.78, 5) is 33.2. The van der Waals surface area contributed by atoms with Gasteiger partial charge in [-0.1, -0.05) is 54.6 Å². The Morgan fingerprint density at radius 3 is 2.60 bits per heavy atom. The van der Waals surface area contributed by atoms with Gasteiger partial charge in [0.15, 0.2) is 0 Å². The lowest BCUT2D eigenvalue weighted by Crippen LogP contribution is -2.51. The van der Waals surface area contributed by atoms with E-state index in [1.165, 1.54) is 0 Å². The van der Waals surface area contributed by atoms with E-state index in [9.17, 15) is 14.7 Å². The van der Waals surface area contributed by atoms with Crippen LogP contribution in [-0.4, -0.2) is 66.8 Å². The van der Waals surface area contributed by atoms with E-state index in [1.54, 1.807) is 18.0 Å². The number of amides is 2. The second-order valence-corrected chi connectivity index (χ2v) is 11.3. The number of carbonyl (C=O) groups is 2. The molecule has 5 rings (SSSR count). The average Bonchev–Trinajstić information content (AvgIpc) is 3.48. The van der Waals surface area contributed by atoms with E-state index in [-0.39, 0.29) is 18.2 Å². The molecule has 1 aliphatic heterocycles. The summed E-state index contributed by atoms with van der Waals surface area (Å²) in [6.45, 7) is 6.18. The summed E-state index contributed by atoms with van der Waals surface area (Å²) in [5, 5.41) is 30.2. The largest absolute Gasteiger partial charge is 0.392 e. The minimum Gasteiger partial charge on any atom is -0.392 e. The van der Waals surface area contributed by atoms with Gasteiger partial charge in [0, 0.05) is 30.3 Å². The van der Waals surface area contributed by atoms with Crippen LogP contribution in [-0.2, 0) is 22.6 Å². The van der Waals surface area contributed by atoms with Crippen molar-refractivity contribution in [1.29, 1.82) is 0 Å². The molecule has 218 valence electrons. The van der Waals surface area contributed by atoms with Crippen molar-refractivity contribution >= 4 is 17.6 Å². The lowest BCUT2D eigenvalue weighted by Gasteiger charge is -2.29. The monoisotopic (exact) mass is 568 g/mol. The second kappa shape index (κ2) is 12.6. The van der Waals surface area contributed by atoms with Gasteiger partial charge < -0.3 is 15.7 Å². The van der Waals surface area contributed by atoms with Crippen LogP contribution in [0.1, 0.15) is 44.7 Å². The Morgan fingerprint density at radius 2 is 1.88 bits per heavy atom. The summed E-state index contributed by atoms with van der Waals surface area (Å²) in [6, 6.07) is 19.0. The topological polar surface area (TPSA) is 149 Å². The van der Waals surface area contributed by atoms with E-state index in [0.717, 1.165) is 27.8 Å². The molecular formula is C31H36N8O3. The number of aliphatic hydroxyl groups is 1. The number of aromatic nitrogens is 5. The number of nitrogens with one attached hydrogen (secondary N) is 3. The molecule has 0 aliphatic carbocycles. The Labute approximate surface area is 244 Å². The van der Waals surface area contributed by atoms with Gasteiger partial charge in [0.25, 0.3) is 5.91 Å². The highest BCUT2D eigenvalue weighted by molar-refractivity contribution is 5.99. The fourth-order valence-corrected chi connectivity index (χ4v) is 5.18. The predicted molar refractivity (Wildman–Crippen MR) is 159 cm³/mol. The van der Waals surface area contributed by atoms with Gasteiger partial charge in [-0.15, -0.1) is 10.2 Å². The third-order valence-corrected chi connectivity index (χ3v) is 7.32. The highest BCUT2D eigenvalue weighted by Gasteiger charge is 2.33.